The molecule has 1 atom stereocenters. The van der Waals surface area contributed by atoms with Gasteiger partial charge in [0.1, 0.15) is 6.29 Å². The molecule has 0 aliphatic carbocycles. The van der Waals surface area contributed by atoms with Crippen LogP contribution in [0, 0.1) is 5.41 Å². The lowest BCUT2D eigenvalue weighted by Gasteiger charge is -2.29. The number of hydrogen-bond donors (Lipinski definition) is 0. The van der Waals surface area contributed by atoms with E-state index in [0.29, 0.717) is 13.2 Å². The third-order valence-electron chi connectivity index (χ3n) is 3.48. The second-order valence-electron chi connectivity index (χ2n) is 4.91. The zero-order valence-electron chi connectivity index (χ0n) is 10.8. The monoisotopic (exact) mass is 248 g/mol. The molecule has 0 bridgehead atoms. The average molecular weight is 248 g/mol. The summed E-state index contributed by atoms with van der Waals surface area (Å²) in [7, 11) is 0. The zero-order chi connectivity index (χ0) is 12.8. The second kappa shape index (κ2) is 6.07. The van der Waals surface area contributed by atoms with Gasteiger partial charge in [0.05, 0.1) is 17.7 Å². The van der Waals surface area contributed by atoms with Crippen molar-refractivity contribution in [2.24, 2.45) is 5.41 Å². The average Bonchev–Trinajstić information content (AvgIpc) is 2.88. The number of aromatic nitrogens is 1. The van der Waals surface area contributed by atoms with Crippen LogP contribution in [-0.4, -0.2) is 42.5 Å². The topological polar surface area (TPSA) is 42.4 Å². The normalized spacial score (nSPS) is 23.4. The van der Waals surface area contributed by atoms with Crippen LogP contribution in [0.15, 0.2) is 24.4 Å². The van der Waals surface area contributed by atoms with E-state index in [1.165, 1.54) is 0 Å². The Morgan fingerprint density at radius 2 is 2.44 bits per heavy atom. The molecule has 0 radical (unpaired) electrons. The lowest BCUT2D eigenvalue weighted by Crippen LogP contribution is -2.39. The molecule has 2 heterocycles. The van der Waals surface area contributed by atoms with Crippen LogP contribution in [0.5, 0.6) is 0 Å². The van der Waals surface area contributed by atoms with Gasteiger partial charge in [-0.05, 0) is 25.1 Å². The Balaban J connectivity index is 1.99. The van der Waals surface area contributed by atoms with E-state index in [-0.39, 0.29) is 5.41 Å². The fraction of sp³-hybridized carbons (Fsp3) is 0.571. The van der Waals surface area contributed by atoms with Crippen molar-refractivity contribution in [1.82, 2.24) is 9.88 Å². The second-order valence-corrected chi connectivity index (χ2v) is 4.91. The number of aldehydes is 1. The SMILES string of the molecule is CCN(Cc1ccccn1)CC1(C=O)CCOC1. The molecule has 1 saturated heterocycles. The third kappa shape index (κ3) is 3.15. The van der Waals surface area contributed by atoms with Crippen molar-refractivity contribution in [2.75, 3.05) is 26.3 Å². The van der Waals surface area contributed by atoms with E-state index in [9.17, 15) is 4.79 Å². The first-order valence-corrected chi connectivity index (χ1v) is 6.44. The zero-order valence-corrected chi connectivity index (χ0v) is 10.8. The summed E-state index contributed by atoms with van der Waals surface area (Å²) in [6.45, 7) is 5.80. The van der Waals surface area contributed by atoms with E-state index >= 15 is 0 Å². The van der Waals surface area contributed by atoms with Crippen LogP contribution in [0.2, 0.25) is 0 Å². The van der Waals surface area contributed by atoms with Gasteiger partial charge >= 0.3 is 0 Å². The van der Waals surface area contributed by atoms with Gasteiger partial charge in [-0.2, -0.15) is 0 Å². The highest BCUT2D eigenvalue weighted by Gasteiger charge is 2.36. The fourth-order valence-corrected chi connectivity index (χ4v) is 2.32. The molecule has 2 rings (SSSR count). The van der Waals surface area contributed by atoms with Gasteiger partial charge in [0.25, 0.3) is 0 Å². The Labute approximate surface area is 108 Å². The maximum atomic E-state index is 11.3. The van der Waals surface area contributed by atoms with Crippen molar-refractivity contribution in [3.63, 3.8) is 0 Å². The Kier molecular flexibility index (Phi) is 4.44. The maximum absolute atomic E-state index is 11.3. The van der Waals surface area contributed by atoms with Crippen LogP contribution in [0.1, 0.15) is 19.0 Å². The highest BCUT2D eigenvalue weighted by Crippen LogP contribution is 2.27. The van der Waals surface area contributed by atoms with Gasteiger partial charge in [-0.15, -0.1) is 0 Å². The summed E-state index contributed by atoms with van der Waals surface area (Å²) in [5, 5.41) is 0. The van der Waals surface area contributed by atoms with Gasteiger partial charge in [-0.1, -0.05) is 13.0 Å². The van der Waals surface area contributed by atoms with Crippen LogP contribution < -0.4 is 0 Å². The van der Waals surface area contributed by atoms with E-state index in [4.69, 9.17) is 4.74 Å². The first kappa shape index (κ1) is 13.2. The molecule has 98 valence electrons. The summed E-state index contributed by atoms with van der Waals surface area (Å²) in [5.74, 6) is 0. The predicted molar refractivity (Wildman–Crippen MR) is 69.1 cm³/mol. The molecule has 0 saturated carbocycles. The predicted octanol–water partition coefficient (Wildman–Crippen LogP) is 1.51. The number of rotatable bonds is 6. The van der Waals surface area contributed by atoms with Crippen LogP contribution in [0.3, 0.4) is 0 Å². The molecule has 0 aromatic carbocycles. The molecule has 0 amide bonds. The maximum Gasteiger partial charge on any atom is 0.129 e. The van der Waals surface area contributed by atoms with Crippen molar-refractivity contribution in [3.8, 4) is 0 Å². The molecule has 1 unspecified atom stereocenters. The molecule has 1 aliphatic rings. The van der Waals surface area contributed by atoms with E-state index < -0.39 is 0 Å². The standard InChI is InChI=1S/C14H20N2O2/c1-2-16(9-13-5-3-4-7-15-13)10-14(11-17)6-8-18-12-14/h3-5,7,11H,2,6,8-10,12H2,1H3. The number of pyridine rings is 1. The summed E-state index contributed by atoms with van der Waals surface area (Å²) >= 11 is 0. The molecule has 1 aliphatic heterocycles. The van der Waals surface area contributed by atoms with Crippen LogP contribution in [-0.2, 0) is 16.1 Å². The highest BCUT2D eigenvalue weighted by atomic mass is 16.5. The quantitative estimate of drug-likeness (QED) is 0.716. The van der Waals surface area contributed by atoms with Crippen molar-refractivity contribution in [1.29, 1.82) is 0 Å². The molecule has 0 spiro atoms. The lowest BCUT2D eigenvalue weighted by molar-refractivity contribution is -0.117. The van der Waals surface area contributed by atoms with E-state index in [2.05, 4.69) is 16.8 Å². The van der Waals surface area contributed by atoms with Crippen molar-refractivity contribution >= 4 is 6.29 Å². The molecule has 1 aromatic heterocycles. The number of nitrogens with zero attached hydrogens (tertiary/aromatic N) is 2. The van der Waals surface area contributed by atoms with Crippen molar-refractivity contribution < 1.29 is 9.53 Å². The van der Waals surface area contributed by atoms with Crippen LogP contribution >= 0.6 is 0 Å². The minimum Gasteiger partial charge on any atom is -0.380 e. The van der Waals surface area contributed by atoms with E-state index in [1.807, 2.05) is 18.2 Å². The molecule has 1 fully saturated rings. The third-order valence-corrected chi connectivity index (χ3v) is 3.48. The smallest absolute Gasteiger partial charge is 0.129 e. The first-order valence-electron chi connectivity index (χ1n) is 6.44. The Bertz CT molecular complexity index is 375. The fourth-order valence-electron chi connectivity index (χ4n) is 2.32. The molecule has 4 nitrogen and oxygen atoms in total. The Hall–Kier alpha value is -1.26. The first-order chi connectivity index (χ1) is 8.78. The minimum absolute atomic E-state index is 0.315. The number of carbonyl (C=O) groups is 1. The van der Waals surface area contributed by atoms with Gasteiger partial charge < -0.3 is 9.53 Å². The highest BCUT2D eigenvalue weighted by molar-refractivity contribution is 5.60. The van der Waals surface area contributed by atoms with Gasteiger partial charge in [-0.25, -0.2) is 0 Å². The summed E-state index contributed by atoms with van der Waals surface area (Å²) < 4.78 is 5.37. The minimum atomic E-state index is -0.315. The van der Waals surface area contributed by atoms with Gasteiger partial charge in [0.15, 0.2) is 0 Å². The molecule has 4 heteroatoms. The summed E-state index contributed by atoms with van der Waals surface area (Å²) in [4.78, 5) is 17.9. The number of hydrogen-bond acceptors (Lipinski definition) is 4. The lowest BCUT2D eigenvalue weighted by atomic mass is 9.88. The van der Waals surface area contributed by atoms with Gasteiger partial charge in [-0.3, -0.25) is 9.88 Å². The van der Waals surface area contributed by atoms with Crippen molar-refractivity contribution in [3.05, 3.63) is 30.1 Å². The van der Waals surface area contributed by atoms with E-state index in [0.717, 1.165) is 38.0 Å². The van der Waals surface area contributed by atoms with Crippen LogP contribution in [0.4, 0.5) is 0 Å². The number of carbonyl (C=O) groups excluding carboxylic acids is 1. The summed E-state index contributed by atoms with van der Waals surface area (Å²) in [6, 6.07) is 5.92. The van der Waals surface area contributed by atoms with E-state index in [1.54, 1.807) is 6.20 Å². The molecular weight excluding hydrogens is 228 g/mol. The Morgan fingerprint density at radius 3 is 3.00 bits per heavy atom. The molecule has 0 N–H and O–H groups in total. The molecule has 18 heavy (non-hydrogen) atoms. The molecule has 1 aromatic rings. The summed E-state index contributed by atoms with van der Waals surface area (Å²) in [5.41, 5.74) is 0.726. The van der Waals surface area contributed by atoms with Gasteiger partial charge in [0.2, 0.25) is 0 Å². The largest absolute Gasteiger partial charge is 0.380 e. The summed E-state index contributed by atoms with van der Waals surface area (Å²) in [6.07, 6.45) is 3.70. The number of ether oxygens (including phenoxy) is 1. The van der Waals surface area contributed by atoms with Gasteiger partial charge in [0, 0.05) is 25.9 Å². The van der Waals surface area contributed by atoms with Crippen LogP contribution in [0.25, 0.3) is 0 Å². The Morgan fingerprint density at radius 1 is 1.56 bits per heavy atom. The van der Waals surface area contributed by atoms with Crippen molar-refractivity contribution in [2.45, 2.75) is 19.9 Å². The molecular formula is C14H20N2O2.